The zero-order valence-electron chi connectivity index (χ0n) is 8.76. The molecule has 4 nitrogen and oxygen atoms in total. The van der Waals surface area contributed by atoms with Gasteiger partial charge in [-0.2, -0.15) is 10.5 Å². The molecule has 0 aromatic heterocycles. The van der Waals surface area contributed by atoms with Crippen LogP contribution in [-0.4, -0.2) is 25.8 Å². The summed E-state index contributed by atoms with van der Waals surface area (Å²) in [7, 11) is 0. The molecule has 0 N–H and O–H groups in total. The monoisotopic (exact) mass is 213 g/mol. The summed E-state index contributed by atoms with van der Waals surface area (Å²) < 4.78 is 5.27. The van der Waals surface area contributed by atoms with E-state index in [9.17, 15) is 0 Å². The first-order chi connectivity index (χ1) is 7.83. The third-order valence-electron chi connectivity index (χ3n) is 2.55. The van der Waals surface area contributed by atoms with Crippen LogP contribution in [0.2, 0.25) is 0 Å². The number of nitriles is 2. The molecular formula is C12H11N3O. The molecule has 1 fully saturated rings. The zero-order valence-corrected chi connectivity index (χ0v) is 8.76. The van der Waals surface area contributed by atoms with Crippen molar-refractivity contribution in [2.45, 2.75) is 6.10 Å². The van der Waals surface area contributed by atoms with Gasteiger partial charge in [-0.25, -0.2) is 0 Å². The minimum absolute atomic E-state index is 0.375. The van der Waals surface area contributed by atoms with Crippen LogP contribution in [-0.2, 0) is 4.74 Å². The van der Waals surface area contributed by atoms with Crippen LogP contribution < -0.4 is 4.90 Å². The van der Waals surface area contributed by atoms with Gasteiger partial charge >= 0.3 is 0 Å². The molecule has 0 saturated carbocycles. The summed E-state index contributed by atoms with van der Waals surface area (Å²) in [4.78, 5) is 2.07. The van der Waals surface area contributed by atoms with Crippen LogP contribution in [0.3, 0.4) is 0 Å². The van der Waals surface area contributed by atoms with E-state index >= 15 is 0 Å². The molecule has 2 rings (SSSR count). The summed E-state index contributed by atoms with van der Waals surface area (Å²) in [5.74, 6) is 0. The van der Waals surface area contributed by atoms with Gasteiger partial charge in [0.1, 0.15) is 0 Å². The molecule has 1 saturated heterocycles. The molecule has 0 aliphatic carbocycles. The van der Waals surface area contributed by atoms with Gasteiger partial charge in [-0.05, 0) is 18.2 Å². The van der Waals surface area contributed by atoms with E-state index in [-0.39, 0.29) is 6.10 Å². The predicted molar refractivity (Wildman–Crippen MR) is 58.7 cm³/mol. The van der Waals surface area contributed by atoms with Gasteiger partial charge in [0.25, 0.3) is 0 Å². The van der Waals surface area contributed by atoms with Gasteiger partial charge in [0.15, 0.2) is 6.10 Å². The first kappa shape index (κ1) is 10.5. The van der Waals surface area contributed by atoms with Crippen molar-refractivity contribution in [2.24, 2.45) is 0 Å². The van der Waals surface area contributed by atoms with Crippen molar-refractivity contribution in [3.63, 3.8) is 0 Å². The Morgan fingerprint density at radius 2 is 2.25 bits per heavy atom. The SMILES string of the molecule is N#Cc1cccc(N2CCOC(C#N)C2)c1. The lowest BCUT2D eigenvalue weighted by Gasteiger charge is -2.31. The third kappa shape index (κ3) is 2.13. The zero-order chi connectivity index (χ0) is 11.4. The molecule has 1 unspecified atom stereocenters. The second-order valence-electron chi connectivity index (χ2n) is 3.60. The largest absolute Gasteiger partial charge is 0.365 e. The van der Waals surface area contributed by atoms with Crippen molar-refractivity contribution in [3.8, 4) is 12.1 Å². The Morgan fingerprint density at radius 3 is 3.00 bits per heavy atom. The number of rotatable bonds is 1. The molecule has 4 heteroatoms. The molecule has 0 radical (unpaired) electrons. The second-order valence-corrected chi connectivity index (χ2v) is 3.60. The number of anilines is 1. The first-order valence-electron chi connectivity index (χ1n) is 5.10. The maximum Gasteiger partial charge on any atom is 0.161 e. The van der Waals surface area contributed by atoms with E-state index in [0.29, 0.717) is 18.7 Å². The predicted octanol–water partition coefficient (Wildman–Crippen LogP) is 1.29. The van der Waals surface area contributed by atoms with E-state index in [1.54, 1.807) is 6.07 Å². The van der Waals surface area contributed by atoms with Crippen molar-refractivity contribution >= 4 is 5.69 Å². The summed E-state index contributed by atoms with van der Waals surface area (Å²) >= 11 is 0. The molecule has 1 atom stereocenters. The molecule has 16 heavy (non-hydrogen) atoms. The molecule has 1 aromatic rings. The highest BCUT2D eigenvalue weighted by Gasteiger charge is 2.20. The standard InChI is InChI=1S/C12H11N3O/c13-7-10-2-1-3-11(6-10)15-4-5-16-12(8-14)9-15/h1-3,6,12H,4-5,9H2. The van der Waals surface area contributed by atoms with Crippen LogP contribution in [0.1, 0.15) is 5.56 Å². The van der Waals surface area contributed by atoms with Crippen molar-refractivity contribution in [2.75, 3.05) is 24.6 Å². The number of benzene rings is 1. The molecule has 0 amide bonds. The highest BCUT2D eigenvalue weighted by atomic mass is 16.5. The van der Waals surface area contributed by atoms with E-state index in [4.69, 9.17) is 15.3 Å². The maximum absolute atomic E-state index is 8.81. The summed E-state index contributed by atoms with van der Waals surface area (Å²) in [6.45, 7) is 1.87. The summed E-state index contributed by atoms with van der Waals surface area (Å²) in [5.41, 5.74) is 1.61. The lowest BCUT2D eigenvalue weighted by molar-refractivity contribution is 0.0764. The Hall–Kier alpha value is -2.04. The van der Waals surface area contributed by atoms with Crippen molar-refractivity contribution in [1.82, 2.24) is 0 Å². The van der Waals surface area contributed by atoms with Gasteiger partial charge in [-0.3, -0.25) is 0 Å². The average molecular weight is 213 g/mol. The number of hydrogen-bond acceptors (Lipinski definition) is 4. The molecule has 80 valence electrons. The maximum atomic E-state index is 8.81. The quantitative estimate of drug-likeness (QED) is 0.705. The Kier molecular flexibility index (Phi) is 3.05. The summed E-state index contributed by atoms with van der Waals surface area (Å²) in [5, 5.41) is 17.6. The summed E-state index contributed by atoms with van der Waals surface area (Å²) in [6, 6.07) is 11.6. The molecule has 1 heterocycles. The Balaban J connectivity index is 2.18. The number of morpholine rings is 1. The number of nitrogens with zero attached hydrogens (tertiary/aromatic N) is 3. The lowest BCUT2D eigenvalue weighted by atomic mass is 10.2. The van der Waals surface area contributed by atoms with Crippen LogP contribution in [0.15, 0.2) is 24.3 Å². The van der Waals surface area contributed by atoms with Gasteiger partial charge < -0.3 is 9.64 Å². The number of ether oxygens (including phenoxy) is 1. The first-order valence-corrected chi connectivity index (χ1v) is 5.10. The van der Waals surface area contributed by atoms with E-state index in [2.05, 4.69) is 17.0 Å². The second kappa shape index (κ2) is 4.65. The number of hydrogen-bond donors (Lipinski definition) is 0. The van der Waals surface area contributed by atoms with Crippen LogP contribution >= 0.6 is 0 Å². The van der Waals surface area contributed by atoms with Crippen molar-refractivity contribution in [3.05, 3.63) is 29.8 Å². The van der Waals surface area contributed by atoms with E-state index in [1.807, 2.05) is 18.2 Å². The third-order valence-corrected chi connectivity index (χ3v) is 2.55. The topological polar surface area (TPSA) is 60.1 Å². The minimum Gasteiger partial charge on any atom is -0.365 e. The Labute approximate surface area is 94.3 Å². The Bertz CT molecular complexity index is 458. The van der Waals surface area contributed by atoms with E-state index in [1.165, 1.54) is 0 Å². The van der Waals surface area contributed by atoms with Crippen molar-refractivity contribution in [1.29, 1.82) is 10.5 Å². The highest BCUT2D eigenvalue weighted by molar-refractivity contribution is 5.52. The van der Waals surface area contributed by atoms with E-state index in [0.717, 1.165) is 12.2 Å². The molecule has 1 aliphatic rings. The van der Waals surface area contributed by atoms with Gasteiger partial charge in [-0.1, -0.05) is 6.07 Å². The van der Waals surface area contributed by atoms with Gasteiger partial charge in [0.2, 0.25) is 0 Å². The fourth-order valence-electron chi connectivity index (χ4n) is 1.73. The fraction of sp³-hybridized carbons (Fsp3) is 0.333. The Morgan fingerprint density at radius 1 is 1.38 bits per heavy atom. The van der Waals surface area contributed by atoms with Crippen LogP contribution in [0.5, 0.6) is 0 Å². The van der Waals surface area contributed by atoms with Crippen LogP contribution in [0, 0.1) is 22.7 Å². The van der Waals surface area contributed by atoms with E-state index < -0.39 is 0 Å². The van der Waals surface area contributed by atoms with Gasteiger partial charge in [-0.15, -0.1) is 0 Å². The van der Waals surface area contributed by atoms with Crippen LogP contribution in [0.25, 0.3) is 0 Å². The van der Waals surface area contributed by atoms with Gasteiger partial charge in [0.05, 0.1) is 30.9 Å². The molecule has 0 bridgehead atoms. The van der Waals surface area contributed by atoms with Crippen molar-refractivity contribution < 1.29 is 4.74 Å². The molecular weight excluding hydrogens is 202 g/mol. The fourth-order valence-corrected chi connectivity index (χ4v) is 1.73. The molecule has 1 aromatic carbocycles. The molecule has 0 spiro atoms. The normalized spacial score (nSPS) is 19.9. The average Bonchev–Trinajstić information content (AvgIpc) is 2.39. The van der Waals surface area contributed by atoms with Gasteiger partial charge in [0, 0.05) is 12.2 Å². The minimum atomic E-state index is -0.375. The smallest absolute Gasteiger partial charge is 0.161 e. The van der Waals surface area contributed by atoms with Crippen LogP contribution in [0.4, 0.5) is 5.69 Å². The lowest BCUT2D eigenvalue weighted by Crippen LogP contribution is -2.41. The highest BCUT2D eigenvalue weighted by Crippen LogP contribution is 2.18. The summed E-state index contributed by atoms with van der Waals surface area (Å²) in [6.07, 6.45) is -0.375. The molecule has 1 aliphatic heterocycles.